The number of hydrazine groups is 1. The number of nitrogens with two attached hydrogens (primary N) is 5. The summed E-state index contributed by atoms with van der Waals surface area (Å²) >= 11 is 16.6. The fourth-order valence-corrected chi connectivity index (χ4v) is 12.9. The van der Waals surface area contributed by atoms with E-state index in [1.54, 1.807) is 13.8 Å². The minimum absolute atomic E-state index is 0.0126. The first kappa shape index (κ1) is 113. The van der Waals surface area contributed by atoms with Crippen molar-refractivity contribution in [3.63, 3.8) is 0 Å². The Bertz CT molecular complexity index is 4130. The van der Waals surface area contributed by atoms with Gasteiger partial charge in [-0.05, 0) is 112 Å². The van der Waals surface area contributed by atoms with E-state index in [-0.39, 0.29) is 94.7 Å². The topological polar surface area (TPSA) is 845 Å². The number of amides is 16. The molecule has 0 saturated carbocycles. The van der Waals surface area contributed by atoms with Gasteiger partial charge in [-0.25, -0.2) is 10.2 Å². The fourth-order valence-electron chi connectivity index (χ4n) is 11.8. The first-order valence-corrected chi connectivity index (χ1v) is 42.8. The van der Waals surface area contributed by atoms with E-state index in [1.807, 2.05) is 16.0 Å². The molecular formula is C75H119N23O27S4. The predicted octanol–water partition coefficient (Wildman–Crippen LogP) is -11.8. The van der Waals surface area contributed by atoms with Crippen LogP contribution in [0.5, 0.6) is 11.5 Å². The molecule has 129 heavy (non-hydrogen) atoms. The molecule has 54 heteroatoms. The van der Waals surface area contributed by atoms with Crippen LogP contribution in [0.25, 0.3) is 0 Å². The molecule has 0 aromatic heterocycles. The molecule has 50 nitrogen and oxygen atoms in total. The van der Waals surface area contributed by atoms with E-state index in [0.29, 0.717) is 24.0 Å². The second kappa shape index (κ2) is 60.2. The Morgan fingerprint density at radius 1 is 0.341 bits per heavy atom. The molecule has 2 aromatic rings. The molecule has 16 amide bonds. The largest absolute Gasteiger partial charge is 0.508 e. The highest BCUT2D eigenvalue weighted by Crippen LogP contribution is 2.17. The van der Waals surface area contributed by atoms with Crippen LogP contribution in [0.2, 0.25) is 0 Å². The van der Waals surface area contributed by atoms with E-state index >= 15 is 0 Å². The molecule has 0 heterocycles. The molecule has 0 aliphatic rings. The lowest BCUT2D eigenvalue weighted by Gasteiger charge is -2.28. The highest BCUT2D eigenvalue weighted by Gasteiger charge is 2.40. The Morgan fingerprint density at radius 2 is 0.597 bits per heavy atom. The van der Waals surface area contributed by atoms with Crippen molar-refractivity contribution in [2.75, 3.05) is 62.5 Å². The monoisotopic (exact) mass is 1900 g/mol. The van der Waals surface area contributed by atoms with Gasteiger partial charge < -0.3 is 149 Å². The molecule has 2 rings (SSSR count). The molecule has 36 N–H and O–H groups in total. The highest BCUT2D eigenvalue weighted by molar-refractivity contribution is 7.80. The molecular weight excluding hydrogens is 1780 g/mol. The summed E-state index contributed by atoms with van der Waals surface area (Å²) in [5.74, 6) is -21.7. The molecule has 0 radical (unpaired) electrons. The lowest BCUT2D eigenvalue weighted by molar-refractivity contribution is -0.143. The molecule has 0 fully saturated rings. The third kappa shape index (κ3) is 42.4. The number of guanidine groups is 1. The maximum absolute atomic E-state index is 14.6. The van der Waals surface area contributed by atoms with E-state index in [2.05, 4.69) is 125 Å². The van der Waals surface area contributed by atoms with Crippen molar-refractivity contribution in [3.8, 4) is 11.5 Å². The van der Waals surface area contributed by atoms with Crippen molar-refractivity contribution in [2.45, 2.75) is 200 Å². The van der Waals surface area contributed by atoms with Crippen LogP contribution in [0.3, 0.4) is 0 Å². The Kier molecular flexibility index (Phi) is 52.9. The number of aliphatic hydroxyl groups is 3. The first-order valence-electron chi connectivity index (χ1n) is 40.2. The molecule has 0 spiro atoms. The number of carboxylic acid groups (broad SMARTS) is 3. The summed E-state index contributed by atoms with van der Waals surface area (Å²) in [6.07, 6.45) is -3.79. The van der Waals surface area contributed by atoms with E-state index in [9.17, 15) is 132 Å². The van der Waals surface area contributed by atoms with Crippen LogP contribution in [-0.2, 0) is 104 Å². The summed E-state index contributed by atoms with van der Waals surface area (Å²) in [6, 6.07) is -17.2. The minimum Gasteiger partial charge on any atom is -0.508 e. The van der Waals surface area contributed by atoms with E-state index in [1.165, 1.54) is 48.5 Å². The van der Waals surface area contributed by atoms with Crippen molar-refractivity contribution in [2.24, 2.45) is 34.7 Å². The molecule has 720 valence electrons. The van der Waals surface area contributed by atoms with Gasteiger partial charge in [0.1, 0.15) is 108 Å². The summed E-state index contributed by atoms with van der Waals surface area (Å²) < 4.78 is 0. The standard InChI is InChI=1S/C75H119N23O27S4/c1-35(2)22-43(62(112)95-52(31-126)70(120)85-40(8-3-5-19-76)59(109)83-41(9-4-6-20-77)60(110)87-44(23-36-11-15-38(102)16-12-36)63(113)84-42(10-7-21-82-75(79)80)61(111)94-51(30-101)74(124)125)86-71(121)53(32-127)97-65(115)46(25-56(78)104)89-68(118)49(28-99)93-69(119)50(29-100)92-67(117)48(27-58(107)108)90-66(116)47(26-57(105)106)91-72(122)54(33-128)96-64(114)45(88-73(123)55(34-129)98-81)24-37-13-17-39(103)18-14-37/h11-18,35,40-55,98-103,126-129H,3-10,19-34,76-77,81H2,1-2H3,(H2,78,104)(H,83,109)(H,84,113)(H,85,120)(H,86,121)(H,87,110)(H,88,123)(H,89,118)(H,90,116)(H,91,122)(H,92,117)(H,93,119)(H,94,111)(H,95,112)(H,96,114)(H,97,115)(H,105,106)(H,107,108)(H,124,125)(H4,79,80,82)/t40?,41-,42-,43?,44?,45?,46?,47?,48-,49-,50?,51?,52-,53-,54-,55-/m0/s1. The number of phenolic OH excluding ortho intramolecular Hbond substituents is 2. The average molecular weight is 1900 g/mol. The normalized spacial score (nSPS) is 14.8. The molecule has 0 bridgehead atoms. The number of carbonyl (C=O) groups excluding carboxylic acids is 16. The van der Waals surface area contributed by atoms with Crippen LogP contribution >= 0.6 is 50.5 Å². The maximum atomic E-state index is 14.6. The Morgan fingerprint density at radius 3 is 0.891 bits per heavy atom. The van der Waals surface area contributed by atoms with Crippen LogP contribution in [0, 0.1) is 11.3 Å². The second-order valence-corrected chi connectivity index (χ2v) is 31.0. The van der Waals surface area contributed by atoms with Gasteiger partial charge in [-0.15, -0.1) is 0 Å². The molecule has 0 saturated heterocycles. The number of aromatic hydroxyl groups is 2. The predicted molar refractivity (Wildman–Crippen MR) is 471 cm³/mol. The van der Waals surface area contributed by atoms with Gasteiger partial charge in [0.25, 0.3) is 0 Å². The number of thiol groups is 4. The number of unbranched alkanes of at least 4 members (excludes halogenated alkanes) is 2. The van der Waals surface area contributed by atoms with Crippen molar-refractivity contribution in [3.05, 3.63) is 59.7 Å². The fraction of sp³-hybridized carbons (Fsp3) is 0.573. The van der Waals surface area contributed by atoms with Gasteiger partial charge in [0.2, 0.25) is 94.5 Å². The molecule has 2 aromatic carbocycles. The number of primary amides is 1. The van der Waals surface area contributed by atoms with Gasteiger partial charge >= 0.3 is 17.9 Å². The lowest BCUT2D eigenvalue weighted by atomic mass is 10.0. The van der Waals surface area contributed by atoms with Crippen LogP contribution < -0.4 is 119 Å². The van der Waals surface area contributed by atoms with E-state index < -0.39 is 277 Å². The Hall–Kier alpha value is -11.6. The molecule has 8 unspecified atom stereocenters. The summed E-state index contributed by atoms with van der Waals surface area (Å²) in [6.45, 7) is -0.230. The van der Waals surface area contributed by atoms with Crippen molar-refractivity contribution < 1.29 is 132 Å². The van der Waals surface area contributed by atoms with Crippen LogP contribution in [0.15, 0.2) is 48.5 Å². The van der Waals surface area contributed by atoms with E-state index in [0.717, 1.165) is 0 Å². The summed E-state index contributed by atoms with van der Waals surface area (Å²) in [4.78, 5) is 258. The summed E-state index contributed by atoms with van der Waals surface area (Å²) in [5, 5.41) is 123. The number of carboxylic acids is 3. The number of phenols is 2. The number of aliphatic hydroxyl groups excluding tert-OH is 3. The minimum atomic E-state index is -2.28. The van der Waals surface area contributed by atoms with Crippen LogP contribution in [0.4, 0.5) is 0 Å². The summed E-state index contributed by atoms with van der Waals surface area (Å²) in [5.41, 5.74) is 25.4. The number of nitrogens with one attached hydrogen (secondary N) is 18. The van der Waals surface area contributed by atoms with Crippen LogP contribution in [0.1, 0.15) is 102 Å². The van der Waals surface area contributed by atoms with Crippen molar-refractivity contribution >= 4 is 169 Å². The number of hydrogen-bond acceptors (Lipinski definition) is 33. The SMILES string of the molecule is CC(C)CC(NC(=O)[C@H](CS)NC(=O)C(CC(N)=O)NC(=O)[C@H](CO)NC(=O)C(CO)NC(=O)[C@H](CC(=O)O)NC(=O)C(CC(=O)O)NC(=O)[C@H](CS)NC(=O)C(Cc1ccc(O)cc1)NC(=O)[C@H](CS)NN)C(=O)N[C@@H](CS)C(=O)NC(CCCCN)C(=O)N[C@@H](CCCCN)C(=O)NC(Cc1ccc(O)cc1)C(=O)N[C@@H](CCCNC(=N)N)C(=O)NC(CO)C(=O)O. The quantitative estimate of drug-likeness (QED) is 0.00730. The third-order valence-electron chi connectivity index (χ3n) is 18.8. The van der Waals surface area contributed by atoms with Gasteiger partial charge in [-0.2, -0.15) is 50.5 Å². The second-order valence-electron chi connectivity index (χ2n) is 29.5. The van der Waals surface area contributed by atoms with Gasteiger partial charge in [0.15, 0.2) is 5.96 Å². The zero-order valence-electron chi connectivity index (χ0n) is 70.4. The van der Waals surface area contributed by atoms with Crippen molar-refractivity contribution in [1.29, 1.82) is 5.41 Å². The van der Waals surface area contributed by atoms with E-state index in [4.69, 9.17) is 34.2 Å². The van der Waals surface area contributed by atoms with Gasteiger partial charge in [0, 0.05) is 42.4 Å². The number of carbonyl (C=O) groups is 19. The molecule has 16 atom stereocenters. The zero-order valence-corrected chi connectivity index (χ0v) is 74.0. The summed E-state index contributed by atoms with van der Waals surface area (Å²) in [7, 11) is 0. The Labute approximate surface area is 761 Å². The van der Waals surface area contributed by atoms with Gasteiger partial charge in [0.05, 0.1) is 39.1 Å². The highest BCUT2D eigenvalue weighted by atomic mass is 32.1. The van der Waals surface area contributed by atoms with Crippen molar-refractivity contribution in [1.82, 2.24) is 90.5 Å². The zero-order chi connectivity index (χ0) is 97.3. The average Bonchev–Trinajstić information content (AvgIpc) is 0.853. The number of aliphatic carboxylic acids is 3. The third-order valence-corrected chi connectivity index (χ3v) is 20.2. The molecule has 0 aliphatic carbocycles. The van der Waals surface area contributed by atoms with Gasteiger partial charge in [-0.1, -0.05) is 38.1 Å². The lowest BCUT2D eigenvalue weighted by Crippen LogP contribution is -2.62. The Balaban J connectivity index is 2.40. The van der Waals surface area contributed by atoms with Gasteiger partial charge in [-0.3, -0.25) is 97.6 Å². The maximum Gasteiger partial charge on any atom is 0.328 e. The first-order chi connectivity index (χ1) is 61.0. The van der Waals surface area contributed by atoms with Crippen LogP contribution in [-0.4, -0.2) is 318 Å². The smallest absolute Gasteiger partial charge is 0.328 e. The number of benzene rings is 2. The number of hydrogen-bond donors (Lipinski definition) is 35. The molecule has 0 aliphatic heterocycles. The number of rotatable bonds is 63.